The normalized spacial score (nSPS) is 10.1. The summed E-state index contributed by atoms with van der Waals surface area (Å²) in [6.45, 7) is 4.08. The van der Waals surface area contributed by atoms with E-state index < -0.39 is 0 Å². The van der Waals surface area contributed by atoms with E-state index in [1.807, 2.05) is 0 Å². The van der Waals surface area contributed by atoms with Crippen LogP contribution in [-0.4, -0.2) is 11.5 Å². The molecule has 2 rings (SSSR count). The van der Waals surface area contributed by atoms with Gasteiger partial charge in [-0.05, 0) is 18.2 Å². The van der Waals surface area contributed by atoms with Gasteiger partial charge in [0.2, 0.25) is 0 Å². The van der Waals surface area contributed by atoms with Crippen LogP contribution < -0.4 is 5.32 Å². The van der Waals surface area contributed by atoms with Crippen LogP contribution in [-0.2, 0) is 6.54 Å². The summed E-state index contributed by atoms with van der Waals surface area (Å²) >= 11 is 0. The number of fused-ring (bicyclic) bond motifs is 1. The van der Waals surface area contributed by atoms with Gasteiger partial charge in [0.25, 0.3) is 0 Å². The standard InChI is InChI=1S/C11H14N2.ClH/c1-2-12-7-9-8-13-11-6-4-3-5-10(9)11;/h3-6,8,12-13H,2,7H2,1H3;1H. The highest BCUT2D eigenvalue weighted by Crippen LogP contribution is 2.16. The van der Waals surface area contributed by atoms with Crippen molar-refractivity contribution in [3.05, 3.63) is 36.0 Å². The first kappa shape index (κ1) is 11.1. The summed E-state index contributed by atoms with van der Waals surface area (Å²) in [7, 11) is 0. The molecule has 0 spiro atoms. The van der Waals surface area contributed by atoms with Gasteiger partial charge in [0.1, 0.15) is 0 Å². The minimum absolute atomic E-state index is 0. The van der Waals surface area contributed by atoms with Crippen LogP contribution in [0.4, 0.5) is 0 Å². The molecule has 3 heteroatoms. The van der Waals surface area contributed by atoms with Crippen LogP contribution in [0.3, 0.4) is 0 Å². The molecule has 0 radical (unpaired) electrons. The molecule has 0 saturated carbocycles. The summed E-state index contributed by atoms with van der Waals surface area (Å²) in [6.07, 6.45) is 2.08. The number of benzene rings is 1. The number of hydrogen-bond acceptors (Lipinski definition) is 1. The van der Waals surface area contributed by atoms with Crippen molar-refractivity contribution in [1.82, 2.24) is 10.3 Å². The van der Waals surface area contributed by atoms with Crippen molar-refractivity contribution >= 4 is 23.3 Å². The summed E-state index contributed by atoms with van der Waals surface area (Å²) in [5.41, 5.74) is 2.56. The maximum atomic E-state index is 3.32. The lowest BCUT2D eigenvalue weighted by molar-refractivity contribution is 0.730. The lowest BCUT2D eigenvalue weighted by atomic mass is 10.2. The predicted octanol–water partition coefficient (Wildman–Crippen LogP) is 2.70. The molecular formula is C11H15ClN2. The quantitative estimate of drug-likeness (QED) is 0.801. The molecule has 0 aliphatic carbocycles. The molecule has 76 valence electrons. The molecule has 0 fully saturated rings. The Morgan fingerprint density at radius 2 is 2.07 bits per heavy atom. The molecule has 0 aliphatic heterocycles. The van der Waals surface area contributed by atoms with Crippen molar-refractivity contribution in [3.63, 3.8) is 0 Å². The predicted molar refractivity (Wildman–Crippen MR) is 62.9 cm³/mol. The fourth-order valence-electron chi connectivity index (χ4n) is 1.54. The minimum atomic E-state index is 0. The fraction of sp³-hybridized carbons (Fsp3) is 0.273. The second-order valence-corrected chi connectivity index (χ2v) is 3.14. The van der Waals surface area contributed by atoms with Gasteiger partial charge in [0.15, 0.2) is 0 Å². The highest BCUT2D eigenvalue weighted by atomic mass is 35.5. The second-order valence-electron chi connectivity index (χ2n) is 3.14. The molecule has 1 heterocycles. The molecule has 0 aliphatic rings. The van der Waals surface area contributed by atoms with Crippen molar-refractivity contribution in [3.8, 4) is 0 Å². The topological polar surface area (TPSA) is 27.8 Å². The average Bonchev–Trinajstić information content (AvgIpc) is 2.58. The highest BCUT2D eigenvalue weighted by molar-refractivity contribution is 5.85. The maximum absolute atomic E-state index is 3.32. The number of aromatic amines is 1. The summed E-state index contributed by atoms with van der Waals surface area (Å²) in [6, 6.07) is 8.38. The zero-order valence-corrected chi connectivity index (χ0v) is 9.03. The lowest BCUT2D eigenvalue weighted by Crippen LogP contribution is -2.11. The molecule has 14 heavy (non-hydrogen) atoms. The third kappa shape index (κ3) is 2.08. The van der Waals surface area contributed by atoms with Gasteiger partial charge in [0, 0.05) is 23.6 Å². The van der Waals surface area contributed by atoms with Crippen LogP contribution in [0.5, 0.6) is 0 Å². The molecule has 0 unspecified atom stereocenters. The third-order valence-electron chi connectivity index (χ3n) is 2.24. The van der Waals surface area contributed by atoms with Crippen LogP contribution in [0, 0.1) is 0 Å². The Bertz CT molecular complexity index is 395. The molecule has 0 bridgehead atoms. The Kier molecular flexibility index (Phi) is 3.98. The molecule has 2 aromatic rings. The van der Waals surface area contributed by atoms with Crippen molar-refractivity contribution in [2.75, 3.05) is 6.54 Å². The Labute approximate surface area is 90.1 Å². The van der Waals surface area contributed by atoms with Gasteiger partial charge in [-0.25, -0.2) is 0 Å². The average molecular weight is 211 g/mol. The maximum Gasteiger partial charge on any atom is 0.0457 e. The molecule has 0 atom stereocenters. The van der Waals surface area contributed by atoms with E-state index in [0.717, 1.165) is 13.1 Å². The molecule has 1 aromatic heterocycles. The number of para-hydroxylation sites is 1. The van der Waals surface area contributed by atoms with Crippen molar-refractivity contribution in [2.45, 2.75) is 13.5 Å². The Hall–Kier alpha value is -0.990. The molecular weight excluding hydrogens is 196 g/mol. The number of hydrogen-bond donors (Lipinski definition) is 2. The van der Waals surface area contributed by atoms with E-state index >= 15 is 0 Å². The van der Waals surface area contributed by atoms with Crippen molar-refractivity contribution in [1.29, 1.82) is 0 Å². The summed E-state index contributed by atoms with van der Waals surface area (Å²) in [4.78, 5) is 3.26. The van der Waals surface area contributed by atoms with Crippen LogP contribution in [0.15, 0.2) is 30.5 Å². The van der Waals surface area contributed by atoms with Crippen LogP contribution in [0.2, 0.25) is 0 Å². The third-order valence-corrected chi connectivity index (χ3v) is 2.24. The smallest absolute Gasteiger partial charge is 0.0457 e. The number of nitrogens with one attached hydrogen (secondary N) is 2. The minimum Gasteiger partial charge on any atom is -0.361 e. The van der Waals surface area contributed by atoms with Gasteiger partial charge in [0.05, 0.1) is 0 Å². The Morgan fingerprint density at radius 3 is 2.86 bits per heavy atom. The van der Waals surface area contributed by atoms with E-state index in [1.54, 1.807) is 0 Å². The van der Waals surface area contributed by atoms with Gasteiger partial charge in [-0.15, -0.1) is 12.4 Å². The van der Waals surface area contributed by atoms with E-state index in [1.165, 1.54) is 16.5 Å². The molecule has 1 aromatic carbocycles. The number of H-pyrrole nitrogens is 1. The molecule has 2 nitrogen and oxygen atoms in total. The molecule has 0 amide bonds. The van der Waals surface area contributed by atoms with Crippen molar-refractivity contribution < 1.29 is 0 Å². The van der Waals surface area contributed by atoms with Gasteiger partial charge < -0.3 is 10.3 Å². The zero-order valence-electron chi connectivity index (χ0n) is 8.21. The van der Waals surface area contributed by atoms with Crippen LogP contribution >= 0.6 is 12.4 Å². The highest BCUT2D eigenvalue weighted by Gasteiger charge is 2.00. The monoisotopic (exact) mass is 210 g/mol. The first-order chi connectivity index (χ1) is 6.42. The van der Waals surface area contributed by atoms with Gasteiger partial charge in [-0.3, -0.25) is 0 Å². The van der Waals surface area contributed by atoms with E-state index in [0.29, 0.717) is 0 Å². The van der Waals surface area contributed by atoms with Crippen molar-refractivity contribution in [2.24, 2.45) is 0 Å². The first-order valence-corrected chi connectivity index (χ1v) is 4.67. The SMILES string of the molecule is CCNCc1c[nH]c2ccccc12.Cl. The summed E-state index contributed by atoms with van der Waals surface area (Å²) in [5.74, 6) is 0. The van der Waals surface area contributed by atoms with Gasteiger partial charge in [-0.2, -0.15) is 0 Å². The first-order valence-electron chi connectivity index (χ1n) is 4.67. The molecule has 0 saturated heterocycles. The number of aromatic nitrogens is 1. The van der Waals surface area contributed by atoms with Gasteiger partial charge >= 0.3 is 0 Å². The van der Waals surface area contributed by atoms with Crippen LogP contribution in [0.25, 0.3) is 10.9 Å². The second kappa shape index (κ2) is 5.03. The number of rotatable bonds is 3. The number of halogens is 1. The van der Waals surface area contributed by atoms with E-state index in [4.69, 9.17) is 0 Å². The van der Waals surface area contributed by atoms with Crippen LogP contribution in [0.1, 0.15) is 12.5 Å². The van der Waals surface area contributed by atoms with E-state index in [-0.39, 0.29) is 12.4 Å². The lowest BCUT2D eigenvalue weighted by Gasteiger charge is -1.98. The fourth-order valence-corrected chi connectivity index (χ4v) is 1.54. The van der Waals surface area contributed by atoms with E-state index in [9.17, 15) is 0 Å². The Balaban J connectivity index is 0.000000980. The Morgan fingerprint density at radius 1 is 1.29 bits per heavy atom. The largest absolute Gasteiger partial charge is 0.361 e. The van der Waals surface area contributed by atoms with Gasteiger partial charge in [-0.1, -0.05) is 25.1 Å². The summed E-state index contributed by atoms with van der Waals surface area (Å²) < 4.78 is 0. The summed E-state index contributed by atoms with van der Waals surface area (Å²) in [5, 5.41) is 4.65. The zero-order chi connectivity index (χ0) is 9.10. The molecule has 2 N–H and O–H groups in total. The van der Waals surface area contributed by atoms with E-state index in [2.05, 4.69) is 47.7 Å².